The summed E-state index contributed by atoms with van der Waals surface area (Å²) >= 11 is 0. The van der Waals surface area contributed by atoms with Crippen LogP contribution in [0.15, 0.2) is 30.3 Å². The number of para-hydroxylation sites is 1. The number of aromatic nitrogens is 4. The molecule has 7 heteroatoms. The molecule has 0 bridgehead atoms. The molecule has 0 saturated carbocycles. The van der Waals surface area contributed by atoms with Crippen molar-refractivity contribution in [2.24, 2.45) is 0 Å². The second kappa shape index (κ2) is 5.90. The van der Waals surface area contributed by atoms with Gasteiger partial charge in [-0.2, -0.15) is 4.68 Å². The molecule has 1 aromatic carbocycles. The van der Waals surface area contributed by atoms with Gasteiger partial charge in [0.15, 0.2) is 0 Å². The zero-order valence-corrected chi connectivity index (χ0v) is 13.3. The fourth-order valence-electron chi connectivity index (χ4n) is 3.54. The van der Waals surface area contributed by atoms with E-state index < -0.39 is 0 Å². The average molecular weight is 315 g/mol. The molecule has 2 atom stereocenters. The highest BCUT2D eigenvalue weighted by Gasteiger charge is 2.42. The van der Waals surface area contributed by atoms with Gasteiger partial charge in [-0.3, -0.25) is 0 Å². The number of tetrazole rings is 1. The second-order valence-corrected chi connectivity index (χ2v) is 6.37. The predicted octanol–water partition coefficient (Wildman–Crippen LogP) is 1.44. The molecule has 7 nitrogen and oxygen atoms in total. The standard InChI is InChI=1S/C16H21N5O2/c1-13-10-20(11-16(23-13)8-5-9-22-12-16)15-17-18-19-21(15)14-6-3-2-4-7-14/h2-4,6-7,13H,5,8-12H2,1H3/t13-,16+/m0/s1. The van der Waals surface area contributed by atoms with Crippen molar-refractivity contribution in [3.05, 3.63) is 30.3 Å². The van der Waals surface area contributed by atoms with Crippen LogP contribution in [-0.4, -0.2) is 58.2 Å². The molecule has 2 saturated heterocycles. The second-order valence-electron chi connectivity index (χ2n) is 6.37. The molecule has 1 spiro atoms. The van der Waals surface area contributed by atoms with Crippen molar-refractivity contribution >= 4 is 5.95 Å². The van der Waals surface area contributed by atoms with Crippen LogP contribution in [0.3, 0.4) is 0 Å². The van der Waals surface area contributed by atoms with Gasteiger partial charge in [0.2, 0.25) is 0 Å². The monoisotopic (exact) mass is 315 g/mol. The minimum atomic E-state index is -0.247. The van der Waals surface area contributed by atoms with Crippen LogP contribution in [0, 0.1) is 0 Å². The number of ether oxygens (including phenoxy) is 2. The number of morpholine rings is 1. The summed E-state index contributed by atoms with van der Waals surface area (Å²) < 4.78 is 13.7. The smallest absolute Gasteiger partial charge is 0.250 e. The van der Waals surface area contributed by atoms with Crippen molar-refractivity contribution in [3.8, 4) is 5.69 Å². The quantitative estimate of drug-likeness (QED) is 0.835. The lowest BCUT2D eigenvalue weighted by Crippen LogP contribution is -2.59. The van der Waals surface area contributed by atoms with Crippen molar-refractivity contribution in [2.45, 2.75) is 31.5 Å². The number of benzene rings is 1. The van der Waals surface area contributed by atoms with Crippen molar-refractivity contribution < 1.29 is 9.47 Å². The third kappa shape index (κ3) is 2.82. The van der Waals surface area contributed by atoms with Gasteiger partial charge in [-0.15, -0.1) is 0 Å². The molecule has 2 fully saturated rings. The van der Waals surface area contributed by atoms with Crippen LogP contribution >= 0.6 is 0 Å². The van der Waals surface area contributed by atoms with E-state index in [-0.39, 0.29) is 11.7 Å². The molecular formula is C16H21N5O2. The van der Waals surface area contributed by atoms with Crippen LogP contribution in [0.5, 0.6) is 0 Å². The molecule has 4 rings (SSSR count). The summed E-state index contributed by atoms with van der Waals surface area (Å²) in [5.41, 5.74) is 0.712. The highest BCUT2D eigenvalue weighted by atomic mass is 16.6. The number of hydrogen-bond acceptors (Lipinski definition) is 6. The van der Waals surface area contributed by atoms with Crippen molar-refractivity contribution in [1.29, 1.82) is 0 Å². The van der Waals surface area contributed by atoms with E-state index in [0.717, 1.165) is 44.2 Å². The van der Waals surface area contributed by atoms with Gasteiger partial charge in [0, 0.05) is 13.2 Å². The Hall–Kier alpha value is -1.99. The van der Waals surface area contributed by atoms with Crippen molar-refractivity contribution in [1.82, 2.24) is 20.2 Å². The van der Waals surface area contributed by atoms with Gasteiger partial charge < -0.3 is 14.4 Å². The maximum absolute atomic E-state index is 6.24. The Morgan fingerprint density at radius 3 is 2.91 bits per heavy atom. The summed E-state index contributed by atoms with van der Waals surface area (Å²) in [7, 11) is 0. The molecule has 0 radical (unpaired) electrons. The van der Waals surface area contributed by atoms with Gasteiger partial charge in [0.05, 0.1) is 24.9 Å². The van der Waals surface area contributed by atoms with E-state index in [1.807, 2.05) is 30.3 Å². The molecular weight excluding hydrogens is 294 g/mol. The molecule has 23 heavy (non-hydrogen) atoms. The molecule has 0 aliphatic carbocycles. The van der Waals surface area contributed by atoms with Gasteiger partial charge in [-0.1, -0.05) is 23.3 Å². The molecule has 3 heterocycles. The molecule has 0 unspecified atom stereocenters. The van der Waals surface area contributed by atoms with Crippen LogP contribution in [0.2, 0.25) is 0 Å². The van der Waals surface area contributed by atoms with Crippen LogP contribution in [-0.2, 0) is 9.47 Å². The lowest BCUT2D eigenvalue weighted by atomic mass is 9.93. The SMILES string of the molecule is C[C@H]1CN(c2nnnn2-c2ccccc2)C[C@@]2(CCCOC2)O1. The van der Waals surface area contributed by atoms with E-state index in [1.54, 1.807) is 4.68 Å². The Balaban J connectivity index is 1.64. The fourth-order valence-corrected chi connectivity index (χ4v) is 3.54. The van der Waals surface area contributed by atoms with Gasteiger partial charge in [0.25, 0.3) is 5.95 Å². The third-order valence-electron chi connectivity index (χ3n) is 4.43. The average Bonchev–Trinajstić information content (AvgIpc) is 3.05. The molecule has 2 aliphatic rings. The predicted molar refractivity (Wildman–Crippen MR) is 84.7 cm³/mol. The molecule has 2 aromatic rings. The molecule has 0 N–H and O–H groups in total. The van der Waals surface area contributed by atoms with Crippen LogP contribution in [0.1, 0.15) is 19.8 Å². The minimum Gasteiger partial charge on any atom is -0.378 e. The minimum absolute atomic E-state index is 0.117. The maximum atomic E-state index is 6.24. The Labute approximate surface area is 135 Å². The first-order valence-electron chi connectivity index (χ1n) is 8.10. The number of anilines is 1. The van der Waals surface area contributed by atoms with Crippen molar-refractivity contribution in [3.63, 3.8) is 0 Å². The van der Waals surface area contributed by atoms with Gasteiger partial charge in [-0.25, -0.2) is 0 Å². The Bertz CT molecular complexity index is 654. The largest absolute Gasteiger partial charge is 0.378 e. The van der Waals surface area contributed by atoms with Crippen LogP contribution < -0.4 is 4.90 Å². The maximum Gasteiger partial charge on any atom is 0.250 e. The summed E-state index contributed by atoms with van der Waals surface area (Å²) in [5.74, 6) is 0.760. The lowest BCUT2D eigenvalue weighted by Gasteiger charge is -2.47. The molecule has 1 aromatic heterocycles. The Morgan fingerprint density at radius 2 is 2.13 bits per heavy atom. The van der Waals surface area contributed by atoms with E-state index in [9.17, 15) is 0 Å². The number of hydrogen-bond donors (Lipinski definition) is 0. The summed E-state index contributed by atoms with van der Waals surface area (Å²) in [6.45, 7) is 5.08. The molecule has 122 valence electrons. The first kappa shape index (κ1) is 14.6. The Kier molecular flexibility index (Phi) is 3.74. The Morgan fingerprint density at radius 1 is 1.26 bits per heavy atom. The number of rotatable bonds is 2. The normalized spacial score (nSPS) is 28.2. The summed E-state index contributed by atoms with van der Waals surface area (Å²) in [6, 6.07) is 9.96. The lowest BCUT2D eigenvalue weighted by molar-refractivity contribution is -0.161. The van der Waals surface area contributed by atoms with Crippen LogP contribution in [0.25, 0.3) is 5.69 Å². The van der Waals surface area contributed by atoms with E-state index in [1.165, 1.54) is 0 Å². The highest BCUT2D eigenvalue weighted by Crippen LogP contribution is 2.32. The zero-order valence-electron chi connectivity index (χ0n) is 13.3. The van der Waals surface area contributed by atoms with Gasteiger partial charge >= 0.3 is 0 Å². The summed E-state index contributed by atoms with van der Waals surface area (Å²) in [6.07, 6.45) is 2.16. The zero-order chi connectivity index (χ0) is 15.7. The first-order chi connectivity index (χ1) is 11.3. The number of nitrogens with zero attached hydrogens (tertiary/aromatic N) is 5. The van der Waals surface area contributed by atoms with Crippen molar-refractivity contribution in [2.75, 3.05) is 31.2 Å². The summed E-state index contributed by atoms with van der Waals surface area (Å²) in [4.78, 5) is 2.22. The van der Waals surface area contributed by atoms with E-state index in [2.05, 4.69) is 27.3 Å². The highest BCUT2D eigenvalue weighted by molar-refractivity contribution is 5.41. The van der Waals surface area contributed by atoms with E-state index in [0.29, 0.717) is 6.61 Å². The van der Waals surface area contributed by atoms with Gasteiger partial charge in [0.1, 0.15) is 5.60 Å². The third-order valence-corrected chi connectivity index (χ3v) is 4.43. The van der Waals surface area contributed by atoms with E-state index >= 15 is 0 Å². The van der Waals surface area contributed by atoms with E-state index in [4.69, 9.17) is 9.47 Å². The topological polar surface area (TPSA) is 65.3 Å². The first-order valence-corrected chi connectivity index (χ1v) is 8.10. The van der Waals surface area contributed by atoms with Gasteiger partial charge in [-0.05, 0) is 42.3 Å². The van der Waals surface area contributed by atoms with Crippen LogP contribution in [0.4, 0.5) is 5.95 Å². The molecule has 2 aliphatic heterocycles. The molecule has 0 amide bonds. The summed E-state index contributed by atoms with van der Waals surface area (Å²) in [5, 5.41) is 12.3. The fraction of sp³-hybridized carbons (Fsp3) is 0.562.